The Morgan fingerprint density at radius 3 is 2.32 bits per heavy atom. The molecule has 0 amide bonds. The van der Waals surface area contributed by atoms with E-state index in [1.165, 1.54) is 30.5 Å². The van der Waals surface area contributed by atoms with Gasteiger partial charge in [0.1, 0.15) is 0 Å². The van der Waals surface area contributed by atoms with Gasteiger partial charge in [-0.1, -0.05) is 46.8 Å². The monoisotopic (exact) mass is 259 g/mol. The van der Waals surface area contributed by atoms with E-state index in [2.05, 4.69) is 64.2 Å². The summed E-state index contributed by atoms with van der Waals surface area (Å²) in [4.78, 5) is 0. The van der Waals surface area contributed by atoms with Gasteiger partial charge < -0.3 is 5.32 Å². The van der Waals surface area contributed by atoms with Crippen molar-refractivity contribution in [1.82, 2.24) is 0 Å². The Labute approximate surface area is 118 Å². The quantitative estimate of drug-likeness (QED) is 0.762. The molecule has 0 heterocycles. The second-order valence-corrected chi connectivity index (χ2v) is 7.41. The number of nitrogens with one attached hydrogen (secondary N) is 1. The molecule has 1 aliphatic carbocycles. The highest BCUT2D eigenvalue weighted by atomic mass is 14.9. The molecule has 0 spiro atoms. The third-order valence-corrected chi connectivity index (χ3v) is 4.62. The van der Waals surface area contributed by atoms with Gasteiger partial charge in [0, 0.05) is 11.7 Å². The predicted molar refractivity (Wildman–Crippen MR) is 84.7 cm³/mol. The molecule has 19 heavy (non-hydrogen) atoms. The molecule has 1 saturated carbocycles. The lowest BCUT2D eigenvalue weighted by Crippen LogP contribution is -2.36. The molecule has 0 aliphatic heterocycles. The van der Waals surface area contributed by atoms with E-state index >= 15 is 0 Å². The Kier molecular flexibility index (Phi) is 4.23. The lowest BCUT2D eigenvalue weighted by Gasteiger charge is -2.40. The van der Waals surface area contributed by atoms with E-state index in [1.807, 2.05) is 0 Å². The van der Waals surface area contributed by atoms with Crippen LogP contribution in [-0.2, 0) is 0 Å². The first-order valence-corrected chi connectivity index (χ1v) is 7.74. The van der Waals surface area contributed by atoms with Crippen LogP contribution in [0.1, 0.15) is 65.4 Å². The van der Waals surface area contributed by atoms with Crippen LogP contribution < -0.4 is 5.32 Å². The second-order valence-electron chi connectivity index (χ2n) is 7.41. The van der Waals surface area contributed by atoms with Gasteiger partial charge in [0.15, 0.2) is 0 Å². The number of rotatable bonds is 3. The van der Waals surface area contributed by atoms with E-state index in [4.69, 9.17) is 0 Å². The van der Waals surface area contributed by atoms with Gasteiger partial charge in [-0.25, -0.2) is 0 Å². The maximum absolute atomic E-state index is 3.73. The van der Waals surface area contributed by atoms with Crippen molar-refractivity contribution >= 4 is 5.69 Å². The molecular formula is C18H29N. The van der Waals surface area contributed by atoms with Gasteiger partial charge in [-0.2, -0.15) is 0 Å². The summed E-state index contributed by atoms with van der Waals surface area (Å²) in [7, 11) is 0. The molecule has 106 valence electrons. The zero-order valence-corrected chi connectivity index (χ0v) is 13.2. The molecule has 2 unspecified atom stereocenters. The van der Waals surface area contributed by atoms with Crippen molar-refractivity contribution < 1.29 is 0 Å². The summed E-state index contributed by atoms with van der Waals surface area (Å²) in [5.74, 6) is 1.37. The minimum atomic E-state index is 0.527. The fourth-order valence-electron chi connectivity index (χ4n) is 3.34. The molecule has 1 fully saturated rings. The van der Waals surface area contributed by atoms with Crippen LogP contribution in [0.5, 0.6) is 0 Å². The molecule has 0 aromatic heterocycles. The molecule has 1 aromatic carbocycles. The SMILES string of the molecule is CC(C)c1ccc(NC2CCC(C)(C)CC2C)cc1. The van der Waals surface area contributed by atoms with E-state index in [0.29, 0.717) is 17.4 Å². The first-order chi connectivity index (χ1) is 8.87. The highest BCUT2D eigenvalue weighted by Crippen LogP contribution is 2.39. The van der Waals surface area contributed by atoms with Gasteiger partial charge in [-0.3, -0.25) is 0 Å². The number of anilines is 1. The van der Waals surface area contributed by atoms with E-state index in [1.54, 1.807) is 0 Å². The Balaban J connectivity index is 1.98. The Hall–Kier alpha value is -0.980. The Morgan fingerprint density at radius 2 is 1.79 bits per heavy atom. The van der Waals surface area contributed by atoms with Crippen LogP contribution in [0.25, 0.3) is 0 Å². The smallest absolute Gasteiger partial charge is 0.0342 e. The van der Waals surface area contributed by atoms with Gasteiger partial charge in [0.2, 0.25) is 0 Å². The fraction of sp³-hybridized carbons (Fsp3) is 0.667. The van der Waals surface area contributed by atoms with Crippen molar-refractivity contribution in [3.63, 3.8) is 0 Å². The number of hydrogen-bond acceptors (Lipinski definition) is 1. The summed E-state index contributed by atoms with van der Waals surface area (Å²) in [6.07, 6.45) is 3.95. The normalized spacial score (nSPS) is 26.4. The van der Waals surface area contributed by atoms with Crippen molar-refractivity contribution in [2.24, 2.45) is 11.3 Å². The molecule has 1 heteroatoms. The van der Waals surface area contributed by atoms with Gasteiger partial charge in [0.25, 0.3) is 0 Å². The molecule has 1 nitrogen and oxygen atoms in total. The third-order valence-electron chi connectivity index (χ3n) is 4.62. The van der Waals surface area contributed by atoms with E-state index in [-0.39, 0.29) is 0 Å². The highest BCUT2D eigenvalue weighted by molar-refractivity contribution is 5.46. The largest absolute Gasteiger partial charge is 0.382 e. The molecule has 2 rings (SSSR count). The topological polar surface area (TPSA) is 12.0 Å². The third kappa shape index (κ3) is 3.75. The lowest BCUT2D eigenvalue weighted by molar-refractivity contribution is 0.177. The van der Waals surface area contributed by atoms with Crippen LogP contribution in [0.15, 0.2) is 24.3 Å². The van der Waals surface area contributed by atoms with Crippen LogP contribution in [-0.4, -0.2) is 6.04 Å². The fourth-order valence-corrected chi connectivity index (χ4v) is 3.34. The van der Waals surface area contributed by atoms with Crippen LogP contribution >= 0.6 is 0 Å². The van der Waals surface area contributed by atoms with Crippen molar-refractivity contribution in [3.05, 3.63) is 29.8 Å². The highest BCUT2D eigenvalue weighted by Gasteiger charge is 2.32. The molecule has 0 radical (unpaired) electrons. The molecule has 2 atom stereocenters. The molecule has 1 aliphatic rings. The predicted octanol–water partition coefficient (Wildman–Crippen LogP) is 5.44. The molecule has 1 N–H and O–H groups in total. The molecule has 1 aromatic rings. The van der Waals surface area contributed by atoms with E-state index < -0.39 is 0 Å². The average Bonchev–Trinajstić information content (AvgIpc) is 2.33. The van der Waals surface area contributed by atoms with Gasteiger partial charge in [-0.05, 0) is 54.2 Å². The average molecular weight is 259 g/mol. The van der Waals surface area contributed by atoms with E-state index in [0.717, 1.165) is 5.92 Å². The summed E-state index contributed by atoms with van der Waals surface area (Å²) in [6.45, 7) is 11.7. The number of benzene rings is 1. The summed E-state index contributed by atoms with van der Waals surface area (Å²) in [5.41, 5.74) is 3.23. The van der Waals surface area contributed by atoms with Crippen LogP contribution in [0.3, 0.4) is 0 Å². The zero-order valence-electron chi connectivity index (χ0n) is 13.2. The summed E-state index contributed by atoms with van der Waals surface area (Å²) in [6, 6.07) is 9.62. The van der Waals surface area contributed by atoms with Crippen molar-refractivity contribution in [3.8, 4) is 0 Å². The van der Waals surface area contributed by atoms with Crippen LogP contribution in [0.4, 0.5) is 5.69 Å². The summed E-state index contributed by atoms with van der Waals surface area (Å²) >= 11 is 0. The summed E-state index contributed by atoms with van der Waals surface area (Å²) in [5, 5.41) is 3.73. The first kappa shape index (κ1) is 14.4. The second kappa shape index (κ2) is 5.56. The van der Waals surface area contributed by atoms with Crippen LogP contribution in [0, 0.1) is 11.3 Å². The van der Waals surface area contributed by atoms with Crippen molar-refractivity contribution in [2.75, 3.05) is 5.32 Å². The van der Waals surface area contributed by atoms with Gasteiger partial charge in [-0.15, -0.1) is 0 Å². The van der Waals surface area contributed by atoms with Gasteiger partial charge in [0.05, 0.1) is 0 Å². The maximum Gasteiger partial charge on any atom is 0.0342 e. The molecule has 0 bridgehead atoms. The lowest BCUT2D eigenvalue weighted by atomic mass is 9.70. The van der Waals surface area contributed by atoms with E-state index in [9.17, 15) is 0 Å². The van der Waals surface area contributed by atoms with Gasteiger partial charge >= 0.3 is 0 Å². The Bertz CT molecular complexity index is 402. The standard InChI is InChI=1S/C18H29N/c1-13(2)15-6-8-16(9-7-15)19-17-10-11-18(4,5)12-14(17)3/h6-9,13-14,17,19H,10-12H2,1-5H3. The molecule has 0 saturated heterocycles. The Morgan fingerprint density at radius 1 is 1.16 bits per heavy atom. The maximum atomic E-state index is 3.73. The van der Waals surface area contributed by atoms with Crippen molar-refractivity contribution in [1.29, 1.82) is 0 Å². The minimum Gasteiger partial charge on any atom is -0.382 e. The summed E-state index contributed by atoms with van der Waals surface area (Å²) < 4.78 is 0. The van der Waals surface area contributed by atoms with Crippen molar-refractivity contribution in [2.45, 2.75) is 65.8 Å². The zero-order chi connectivity index (χ0) is 14.0. The van der Waals surface area contributed by atoms with Crippen LogP contribution in [0.2, 0.25) is 0 Å². The minimum absolute atomic E-state index is 0.527. The number of hydrogen-bond donors (Lipinski definition) is 1. The first-order valence-electron chi connectivity index (χ1n) is 7.74. The molecular weight excluding hydrogens is 230 g/mol.